The molecule has 1 saturated carbocycles. The van der Waals surface area contributed by atoms with E-state index >= 15 is 0 Å². The molecule has 3 amide bonds. The Hall–Kier alpha value is -2.32. The van der Waals surface area contributed by atoms with Crippen LogP contribution in [0, 0.1) is 17.8 Å². The van der Waals surface area contributed by atoms with Gasteiger partial charge in [-0.2, -0.15) is 0 Å². The number of amides is 3. The lowest BCUT2D eigenvalue weighted by Gasteiger charge is -2.29. The van der Waals surface area contributed by atoms with Gasteiger partial charge < -0.3 is 25.8 Å². The minimum absolute atomic E-state index is 0.0209. The summed E-state index contributed by atoms with van der Waals surface area (Å²) in [5, 5.41) is 17.4. The molecule has 0 aromatic carbocycles. The van der Waals surface area contributed by atoms with E-state index in [0.29, 0.717) is 25.3 Å². The maximum absolute atomic E-state index is 12.9. The number of carboxylic acids is 1. The van der Waals surface area contributed by atoms with Gasteiger partial charge in [0.15, 0.2) is 0 Å². The number of hydrogen-bond donors (Lipinski definition) is 4. The van der Waals surface area contributed by atoms with Crippen LogP contribution in [0.25, 0.3) is 0 Å². The molecule has 0 radical (unpaired) electrons. The SMILES string of the molecule is CCCCC1CCC(OC(=O)N[C@@H](CC(C)C)C(=O)N[C@@H](C[C@@H]2CCNC2=O)C(=O)O)CC1. The van der Waals surface area contributed by atoms with E-state index in [2.05, 4.69) is 22.9 Å². The summed E-state index contributed by atoms with van der Waals surface area (Å²) in [7, 11) is 0. The Balaban J connectivity index is 1.88. The van der Waals surface area contributed by atoms with Crippen LogP contribution >= 0.6 is 0 Å². The van der Waals surface area contributed by atoms with Crippen LogP contribution in [0.5, 0.6) is 0 Å². The number of unbranched alkanes of at least 4 members (excludes halogenated alkanes) is 1. The lowest BCUT2D eigenvalue weighted by molar-refractivity contribution is -0.143. The van der Waals surface area contributed by atoms with E-state index in [-0.39, 0.29) is 24.3 Å². The zero-order valence-corrected chi connectivity index (χ0v) is 20.2. The van der Waals surface area contributed by atoms with Crippen molar-refractivity contribution >= 4 is 23.9 Å². The van der Waals surface area contributed by atoms with Crippen LogP contribution in [0.2, 0.25) is 0 Å². The normalized spacial score (nSPS) is 24.6. The predicted molar refractivity (Wildman–Crippen MR) is 123 cm³/mol. The Kier molecular flexibility index (Phi) is 10.9. The Morgan fingerprint density at radius 3 is 2.33 bits per heavy atom. The molecule has 2 rings (SSSR count). The van der Waals surface area contributed by atoms with Crippen LogP contribution < -0.4 is 16.0 Å². The van der Waals surface area contributed by atoms with Gasteiger partial charge >= 0.3 is 12.1 Å². The lowest BCUT2D eigenvalue weighted by Crippen LogP contribution is -2.53. The number of hydrogen-bond acceptors (Lipinski definition) is 5. The number of carboxylic acid groups (broad SMARTS) is 1. The van der Waals surface area contributed by atoms with E-state index < -0.39 is 36.0 Å². The van der Waals surface area contributed by atoms with Crippen LogP contribution in [0.3, 0.4) is 0 Å². The largest absolute Gasteiger partial charge is 0.480 e. The van der Waals surface area contributed by atoms with E-state index in [1.807, 2.05) is 13.8 Å². The minimum atomic E-state index is -1.20. The first-order valence-corrected chi connectivity index (χ1v) is 12.5. The van der Waals surface area contributed by atoms with Crippen LogP contribution in [0.1, 0.15) is 85.0 Å². The third kappa shape index (κ3) is 9.21. The quantitative estimate of drug-likeness (QED) is 0.349. The maximum Gasteiger partial charge on any atom is 0.408 e. The molecule has 0 bridgehead atoms. The second kappa shape index (κ2) is 13.4. The molecule has 0 aromatic heterocycles. The summed E-state index contributed by atoms with van der Waals surface area (Å²) in [6.45, 7) is 6.53. The average Bonchev–Trinajstić information content (AvgIpc) is 3.16. The number of alkyl carbamates (subject to hydrolysis) is 1. The monoisotopic (exact) mass is 467 g/mol. The highest BCUT2D eigenvalue weighted by atomic mass is 16.6. The number of ether oxygens (including phenoxy) is 1. The second-order valence-electron chi connectivity index (χ2n) is 9.93. The van der Waals surface area contributed by atoms with Gasteiger partial charge in [0.25, 0.3) is 0 Å². The Morgan fingerprint density at radius 2 is 1.79 bits per heavy atom. The maximum atomic E-state index is 12.9. The molecule has 1 saturated heterocycles. The number of rotatable bonds is 12. The van der Waals surface area contributed by atoms with Gasteiger partial charge in [-0.25, -0.2) is 9.59 Å². The molecular weight excluding hydrogens is 426 g/mol. The van der Waals surface area contributed by atoms with Gasteiger partial charge in [0.2, 0.25) is 11.8 Å². The molecule has 1 aliphatic heterocycles. The average molecular weight is 468 g/mol. The van der Waals surface area contributed by atoms with Gasteiger partial charge in [-0.05, 0) is 56.8 Å². The van der Waals surface area contributed by atoms with Gasteiger partial charge in [-0.15, -0.1) is 0 Å². The standard InChI is InChI=1S/C24H41N3O6/c1-4-5-6-16-7-9-18(10-8-16)33-24(32)27-19(13-15(2)3)22(29)26-20(23(30)31)14-17-11-12-25-21(17)28/h15-20H,4-14H2,1-3H3,(H,25,28)(H,26,29)(H,27,32)(H,30,31)/t16?,17-,18?,19-,20-/m0/s1. The molecule has 0 aromatic rings. The van der Waals surface area contributed by atoms with Gasteiger partial charge in [-0.3, -0.25) is 9.59 Å². The first kappa shape index (κ1) is 26.9. The van der Waals surface area contributed by atoms with Crippen molar-refractivity contribution in [2.45, 2.75) is 103 Å². The summed E-state index contributed by atoms with van der Waals surface area (Å²) < 4.78 is 5.58. The Bertz CT molecular complexity index is 675. The summed E-state index contributed by atoms with van der Waals surface area (Å²) in [4.78, 5) is 48.9. The fourth-order valence-electron chi connectivity index (χ4n) is 4.71. The lowest BCUT2D eigenvalue weighted by atomic mass is 9.84. The van der Waals surface area contributed by atoms with E-state index in [0.717, 1.165) is 25.7 Å². The van der Waals surface area contributed by atoms with Crippen molar-refractivity contribution < 1.29 is 29.0 Å². The highest BCUT2D eigenvalue weighted by Crippen LogP contribution is 2.29. The topological polar surface area (TPSA) is 134 Å². The highest BCUT2D eigenvalue weighted by molar-refractivity contribution is 5.90. The highest BCUT2D eigenvalue weighted by Gasteiger charge is 2.33. The molecule has 188 valence electrons. The van der Waals surface area contributed by atoms with E-state index in [9.17, 15) is 24.3 Å². The molecule has 9 nitrogen and oxygen atoms in total. The van der Waals surface area contributed by atoms with Crippen LogP contribution in [0.4, 0.5) is 4.79 Å². The summed E-state index contributed by atoms with van der Waals surface area (Å²) in [5.74, 6) is -1.62. The third-order valence-electron chi connectivity index (χ3n) is 6.65. The number of carbonyl (C=O) groups excluding carboxylic acids is 3. The molecule has 33 heavy (non-hydrogen) atoms. The first-order chi connectivity index (χ1) is 15.7. The summed E-state index contributed by atoms with van der Waals surface area (Å²) in [5.41, 5.74) is 0. The summed E-state index contributed by atoms with van der Waals surface area (Å²) in [6.07, 6.45) is 7.49. The van der Waals surface area contributed by atoms with Crippen molar-refractivity contribution in [2.24, 2.45) is 17.8 Å². The molecule has 0 spiro atoms. The number of aliphatic carboxylic acids is 1. The van der Waals surface area contributed by atoms with Gasteiger partial charge in [0.1, 0.15) is 18.2 Å². The van der Waals surface area contributed by atoms with Crippen molar-refractivity contribution in [3.8, 4) is 0 Å². The zero-order valence-electron chi connectivity index (χ0n) is 20.2. The molecule has 3 atom stereocenters. The van der Waals surface area contributed by atoms with Crippen LogP contribution in [-0.2, 0) is 19.1 Å². The summed E-state index contributed by atoms with van der Waals surface area (Å²) in [6, 6.07) is -2.10. The molecule has 2 aliphatic rings. The smallest absolute Gasteiger partial charge is 0.408 e. The first-order valence-electron chi connectivity index (χ1n) is 12.5. The number of carbonyl (C=O) groups is 4. The molecular formula is C24H41N3O6. The fraction of sp³-hybridized carbons (Fsp3) is 0.833. The van der Waals surface area contributed by atoms with E-state index in [1.54, 1.807) is 0 Å². The third-order valence-corrected chi connectivity index (χ3v) is 6.65. The molecule has 4 N–H and O–H groups in total. The zero-order chi connectivity index (χ0) is 24.4. The van der Waals surface area contributed by atoms with Crippen molar-refractivity contribution in [3.63, 3.8) is 0 Å². The van der Waals surface area contributed by atoms with Crippen molar-refractivity contribution in [1.82, 2.24) is 16.0 Å². The molecule has 1 aliphatic carbocycles. The Morgan fingerprint density at radius 1 is 1.09 bits per heavy atom. The minimum Gasteiger partial charge on any atom is -0.480 e. The van der Waals surface area contributed by atoms with E-state index in [4.69, 9.17) is 4.74 Å². The Labute approximate surface area is 196 Å². The number of nitrogens with one attached hydrogen (secondary N) is 3. The van der Waals surface area contributed by atoms with Crippen molar-refractivity contribution in [1.29, 1.82) is 0 Å². The molecule has 1 heterocycles. The predicted octanol–water partition coefficient (Wildman–Crippen LogP) is 2.97. The fourth-order valence-corrected chi connectivity index (χ4v) is 4.71. The second-order valence-corrected chi connectivity index (χ2v) is 9.93. The van der Waals surface area contributed by atoms with Gasteiger partial charge in [0, 0.05) is 12.5 Å². The van der Waals surface area contributed by atoms with Crippen LogP contribution in [0.15, 0.2) is 0 Å². The van der Waals surface area contributed by atoms with E-state index in [1.165, 1.54) is 19.3 Å². The van der Waals surface area contributed by atoms with Gasteiger partial charge in [0.05, 0.1) is 0 Å². The molecule has 2 fully saturated rings. The van der Waals surface area contributed by atoms with Crippen LogP contribution in [-0.4, -0.2) is 53.7 Å². The van der Waals surface area contributed by atoms with Crippen molar-refractivity contribution in [3.05, 3.63) is 0 Å². The van der Waals surface area contributed by atoms with Crippen molar-refractivity contribution in [2.75, 3.05) is 6.54 Å². The molecule has 0 unspecified atom stereocenters. The van der Waals surface area contributed by atoms with Gasteiger partial charge in [-0.1, -0.05) is 40.0 Å². The summed E-state index contributed by atoms with van der Waals surface area (Å²) >= 11 is 0. The molecule has 9 heteroatoms.